The molecule has 3 atom stereocenters. The van der Waals surface area contributed by atoms with Crippen LogP contribution in [0.2, 0.25) is 5.02 Å². The van der Waals surface area contributed by atoms with E-state index in [4.69, 9.17) is 16.3 Å². The van der Waals surface area contributed by atoms with Gasteiger partial charge in [0.2, 0.25) is 29.0 Å². The Kier molecular flexibility index (Phi) is 4.43. The maximum atomic E-state index is 13.9. The van der Waals surface area contributed by atoms with Gasteiger partial charge >= 0.3 is 0 Å². The van der Waals surface area contributed by atoms with Crippen molar-refractivity contribution in [2.45, 2.75) is 18.6 Å². The molecule has 34 heavy (non-hydrogen) atoms. The van der Waals surface area contributed by atoms with Crippen LogP contribution >= 0.6 is 11.6 Å². The summed E-state index contributed by atoms with van der Waals surface area (Å²) >= 11 is 6.28. The molecular formula is C27H18ClNO5. The third-order valence-corrected chi connectivity index (χ3v) is 7.54. The van der Waals surface area contributed by atoms with Crippen molar-refractivity contribution in [2.75, 3.05) is 4.90 Å². The Labute approximate surface area is 200 Å². The molecule has 0 N–H and O–H groups in total. The van der Waals surface area contributed by atoms with Crippen molar-refractivity contribution in [1.29, 1.82) is 0 Å². The summed E-state index contributed by atoms with van der Waals surface area (Å²) in [5.74, 6) is -4.61. The third-order valence-electron chi connectivity index (χ3n) is 7.13. The number of fused-ring (bicyclic) bond motifs is 3. The van der Waals surface area contributed by atoms with Crippen LogP contribution in [-0.4, -0.2) is 29.0 Å². The number of nitrogens with zero attached hydrogens (tertiary/aromatic N) is 1. The van der Waals surface area contributed by atoms with Crippen molar-refractivity contribution in [2.24, 2.45) is 11.8 Å². The monoisotopic (exact) mass is 471 g/mol. The van der Waals surface area contributed by atoms with Crippen molar-refractivity contribution >= 4 is 40.7 Å². The van der Waals surface area contributed by atoms with Gasteiger partial charge in [-0.05, 0) is 30.2 Å². The maximum Gasteiger partial charge on any atom is 0.241 e. The largest absolute Gasteiger partial charge is 0.349 e. The highest BCUT2D eigenvalue weighted by Gasteiger charge is 2.74. The molecule has 7 heteroatoms. The minimum absolute atomic E-state index is 0.206. The van der Waals surface area contributed by atoms with Gasteiger partial charge in [0.1, 0.15) is 0 Å². The van der Waals surface area contributed by atoms with Gasteiger partial charge in [0.25, 0.3) is 0 Å². The van der Waals surface area contributed by atoms with Crippen LogP contribution in [0.1, 0.15) is 37.9 Å². The number of benzene rings is 3. The highest BCUT2D eigenvalue weighted by atomic mass is 35.5. The number of amides is 2. The number of carbonyl (C=O) groups is 4. The van der Waals surface area contributed by atoms with E-state index in [1.54, 1.807) is 73.7 Å². The van der Waals surface area contributed by atoms with Crippen LogP contribution < -0.4 is 4.90 Å². The van der Waals surface area contributed by atoms with Crippen LogP contribution in [0, 0.1) is 18.8 Å². The summed E-state index contributed by atoms with van der Waals surface area (Å²) in [5.41, 5.74) is -0.145. The predicted molar refractivity (Wildman–Crippen MR) is 124 cm³/mol. The molecule has 3 aliphatic rings. The highest BCUT2D eigenvalue weighted by Crippen LogP contribution is 2.57. The number of hydrogen-bond donors (Lipinski definition) is 0. The Hall–Kier alpha value is -3.61. The summed E-state index contributed by atoms with van der Waals surface area (Å²) in [6, 6.07) is 20.3. The molecule has 2 aliphatic heterocycles. The highest BCUT2D eigenvalue weighted by molar-refractivity contribution is 6.37. The lowest BCUT2D eigenvalue weighted by Gasteiger charge is -2.27. The summed E-state index contributed by atoms with van der Waals surface area (Å²) in [6.07, 6.45) is -0.936. The van der Waals surface area contributed by atoms with Gasteiger partial charge in [0, 0.05) is 16.1 Å². The normalized spacial score (nSPS) is 24.8. The van der Waals surface area contributed by atoms with E-state index in [0.717, 1.165) is 4.90 Å². The van der Waals surface area contributed by atoms with Gasteiger partial charge in [-0.3, -0.25) is 19.2 Å². The van der Waals surface area contributed by atoms with Crippen LogP contribution in [0.4, 0.5) is 5.69 Å². The van der Waals surface area contributed by atoms with Gasteiger partial charge in [-0.25, -0.2) is 4.90 Å². The van der Waals surface area contributed by atoms with E-state index in [1.807, 2.05) is 6.07 Å². The molecule has 0 aromatic heterocycles. The summed E-state index contributed by atoms with van der Waals surface area (Å²) in [4.78, 5) is 56.3. The van der Waals surface area contributed by atoms with E-state index in [1.165, 1.54) is 0 Å². The smallest absolute Gasteiger partial charge is 0.241 e. The Bertz CT molecular complexity index is 1380. The molecule has 0 radical (unpaired) electrons. The molecule has 1 spiro atoms. The van der Waals surface area contributed by atoms with Crippen molar-refractivity contribution in [3.05, 3.63) is 100 Å². The van der Waals surface area contributed by atoms with E-state index in [9.17, 15) is 19.2 Å². The predicted octanol–water partition coefficient (Wildman–Crippen LogP) is 4.34. The van der Waals surface area contributed by atoms with Gasteiger partial charge in [0.05, 0.1) is 23.6 Å². The summed E-state index contributed by atoms with van der Waals surface area (Å²) in [6.45, 7) is 1.72. The number of carbonyl (C=O) groups excluding carboxylic acids is 4. The Balaban J connectivity index is 1.57. The first kappa shape index (κ1) is 21.0. The maximum absolute atomic E-state index is 13.9. The number of ether oxygens (including phenoxy) is 1. The number of anilines is 1. The van der Waals surface area contributed by atoms with Crippen LogP contribution in [0.3, 0.4) is 0 Å². The quantitative estimate of drug-likeness (QED) is 0.410. The third kappa shape index (κ3) is 2.50. The second-order valence-corrected chi connectivity index (χ2v) is 9.20. The fourth-order valence-electron chi connectivity index (χ4n) is 5.54. The van der Waals surface area contributed by atoms with E-state index in [-0.39, 0.29) is 11.1 Å². The fraction of sp³-hybridized carbons (Fsp3) is 0.185. The minimum Gasteiger partial charge on any atom is -0.349 e. The Morgan fingerprint density at radius 1 is 0.794 bits per heavy atom. The fourth-order valence-corrected chi connectivity index (χ4v) is 5.71. The van der Waals surface area contributed by atoms with Crippen molar-refractivity contribution in [1.82, 2.24) is 0 Å². The van der Waals surface area contributed by atoms with E-state index in [2.05, 4.69) is 0 Å². The summed E-state index contributed by atoms with van der Waals surface area (Å²) in [5, 5.41) is 0.404. The molecule has 1 aliphatic carbocycles. The number of hydrogen-bond acceptors (Lipinski definition) is 5. The van der Waals surface area contributed by atoms with Crippen LogP contribution in [-0.2, 0) is 14.3 Å². The summed E-state index contributed by atoms with van der Waals surface area (Å²) in [7, 11) is 0. The average Bonchev–Trinajstić information content (AvgIpc) is 3.42. The lowest BCUT2D eigenvalue weighted by molar-refractivity contribution is -0.127. The van der Waals surface area contributed by atoms with Crippen LogP contribution in [0.25, 0.3) is 0 Å². The zero-order chi connectivity index (χ0) is 23.8. The number of halogens is 1. The molecular weight excluding hydrogens is 454 g/mol. The first-order valence-corrected chi connectivity index (χ1v) is 11.3. The second-order valence-electron chi connectivity index (χ2n) is 8.79. The molecule has 2 fully saturated rings. The van der Waals surface area contributed by atoms with Gasteiger partial charge in [0.15, 0.2) is 0 Å². The molecule has 0 bridgehead atoms. The molecule has 2 heterocycles. The number of imide groups is 1. The molecule has 6 nitrogen and oxygen atoms in total. The minimum atomic E-state index is -2.08. The molecule has 3 aromatic carbocycles. The zero-order valence-electron chi connectivity index (χ0n) is 18.0. The van der Waals surface area contributed by atoms with Gasteiger partial charge in [-0.15, -0.1) is 0 Å². The Morgan fingerprint density at radius 3 is 2.06 bits per heavy atom. The van der Waals surface area contributed by atoms with E-state index >= 15 is 0 Å². The van der Waals surface area contributed by atoms with E-state index < -0.39 is 46.9 Å². The van der Waals surface area contributed by atoms with Gasteiger partial charge in [-0.1, -0.05) is 72.3 Å². The Morgan fingerprint density at radius 2 is 1.41 bits per heavy atom. The molecule has 0 unspecified atom stereocenters. The van der Waals surface area contributed by atoms with Crippen molar-refractivity contribution < 1.29 is 23.9 Å². The first-order chi connectivity index (χ1) is 16.4. The van der Waals surface area contributed by atoms with E-state index in [0.29, 0.717) is 21.8 Å². The van der Waals surface area contributed by atoms with Gasteiger partial charge < -0.3 is 4.74 Å². The standard InChI is InChI=1S/C27H18ClNO5/c1-14-18(28)12-7-13-19(14)29-25(32)20-21(26(29)33)27(34-22(20)15-8-3-2-4-9-15)23(30)16-10-5-6-11-17(16)24(27)31/h2-13,20-22H,1H3/t20-,21-,22+/m1/s1. The topological polar surface area (TPSA) is 80.8 Å². The lowest BCUT2D eigenvalue weighted by atomic mass is 9.77. The molecule has 2 amide bonds. The van der Waals surface area contributed by atoms with Crippen LogP contribution in [0.5, 0.6) is 0 Å². The second kappa shape index (κ2) is 7.19. The molecule has 2 saturated heterocycles. The van der Waals surface area contributed by atoms with Crippen LogP contribution in [0.15, 0.2) is 72.8 Å². The molecule has 6 rings (SSSR count). The average molecular weight is 472 g/mol. The SMILES string of the molecule is Cc1c(Cl)cccc1N1C(=O)[C@H]2[C@H](c3ccccc3)OC3(C(=O)c4ccccc4C3=O)[C@H]2C1=O. The van der Waals surface area contributed by atoms with Crippen molar-refractivity contribution in [3.8, 4) is 0 Å². The zero-order valence-corrected chi connectivity index (χ0v) is 18.8. The molecule has 3 aromatic rings. The number of rotatable bonds is 2. The molecule has 0 saturated carbocycles. The first-order valence-electron chi connectivity index (χ1n) is 10.9. The van der Waals surface area contributed by atoms with Gasteiger partial charge in [-0.2, -0.15) is 0 Å². The number of Topliss-reactive ketones (excluding diaryl/α,β-unsaturated/α-hetero) is 2. The summed E-state index contributed by atoms with van der Waals surface area (Å²) < 4.78 is 6.26. The molecule has 168 valence electrons. The number of ketones is 2. The lowest BCUT2D eigenvalue weighted by Crippen LogP contribution is -2.51. The van der Waals surface area contributed by atoms with Crippen molar-refractivity contribution in [3.63, 3.8) is 0 Å².